The van der Waals surface area contributed by atoms with Crippen LogP contribution < -0.4 is 10.6 Å². The number of carbonyl (C=O) groups excluding carboxylic acids is 1. The van der Waals surface area contributed by atoms with Crippen molar-refractivity contribution in [2.45, 2.75) is 52.2 Å². The Hall–Kier alpha value is -3.91. The molecule has 0 radical (unpaired) electrons. The molecule has 0 aliphatic carbocycles. The number of benzene rings is 1. The number of nitrogens with zero attached hydrogens (tertiary/aromatic N) is 3. The number of hydrogen-bond acceptors (Lipinski definition) is 4. The first kappa shape index (κ1) is 25.7. The topological polar surface area (TPSA) is 75.3 Å². The summed E-state index contributed by atoms with van der Waals surface area (Å²) in [6, 6.07) is 19.7. The highest BCUT2D eigenvalue weighted by atomic mass is 32.1. The molecule has 4 aromatic rings. The van der Waals surface area contributed by atoms with Crippen LogP contribution in [0.25, 0.3) is 0 Å². The van der Waals surface area contributed by atoms with Gasteiger partial charge >= 0.3 is 0 Å². The number of thiocarbonyl (C=S) groups is 1. The number of anilines is 1. The smallest absolute Gasteiger partial charge is 0.226 e. The Labute approximate surface area is 228 Å². The zero-order chi connectivity index (χ0) is 26.6. The van der Waals surface area contributed by atoms with Gasteiger partial charge in [0, 0.05) is 36.2 Å². The predicted molar refractivity (Wildman–Crippen MR) is 153 cm³/mol. The molecule has 1 aliphatic heterocycles. The number of pyridine rings is 1. The molecule has 0 saturated carbocycles. The lowest BCUT2D eigenvalue weighted by Gasteiger charge is -2.28. The number of aryl methyl sites for hydroxylation is 2. The zero-order valence-corrected chi connectivity index (χ0v) is 22.8. The maximum absolute atomic E-state index is 13.0. The van der Waals surface area contributed by atoms with Crippen LogP contribution >= 0.6 is 12.2 Å². The van der Waals surface area contributed by atoms with Gasteiger partial charge in [0.15, 0.2) is 5.11 Å². The van der Waals surface area contributed by atoms with Gasteiger partial charge in [0.2, 0.25) is 5.91 Å². The molecule has 0 bridgehead atoms. The fraction of sp³-hybridized carbons (Fsp3) is 0.300. The van der Waals surface area contributed by atoms with Gasteiger partial charge in [0.1, 0.15) is 5.76 Å². The quantitative estimate of drug-likeness (QED) is 0.272. The van der Waals surface area contributed by atoms with E-state index in [0.29, 0.717) is 24.6 Å². The van der Waals surface area contributed by atoms with Crippen LogP contribution in [0.15, 0.2) is 77.5 Å². The van der Waals surface area contributed by atoms with Crippen molar-refractivity contribution in [1.82, 2.24) is 19.8 Å². The van der Waals surface area contributed by atoms with E-state index in [9.17, 15) is 4.79 Å². The molecular weight excluding hydrogens is 494 g/mol. The Bertz CT molecular complexity index is 1410. The van der Waals surface area contributed by atoms with Crippen LogP contribution in [0.1, 0.15) is 59.4 Å². The molecule has 38 heavy (non-hydrogen) atoms. The van der Waals surface area contributed by atoms with E-state index in [1.165, 1.54) is 0 Å². The van der Waals surface area contributed by atoms with Crippen LogP contribution in [0, 0.1) is 13.8 Å². The summed E-state index contributed by atoms with van der Waals surface area (Å²) in [4.78, 5) is 19.8. The van der Waals surface area contributed by atoms with Gasteiger partial charge in [-0.1, -0.05) is 31.2 Å². The molecule has 3 aromatic heterocycles. The molecule has 1 aliphatic rings. The number of aromatic nitrogens is 2. The highest BCUT2D eigenvalue weighted by Gasteiger charge is 2.41. The molecule has 7 nitrogen and oxygen atoms in total. The van der Waals surface area contributed by atoms with Gasteiger partial charge in [-0.3, -0.25) is 9.78 Å². The third kappa shape index (κ3) is 5.22. The number of carbonyl (C=O) groups is 1. The lowest BCUT2D eigenvalue weighted by Crippen LogP contribution is -2.33. The second kappa shape index (κ2) is 11.2. The third-order valence-electron chi connectivity index (χ3n) is 7.28. The monoisotopic (exact) mass is 527 g/mol. The van der Waals surface area contributed by atoms with Gasteiger partial charge in [0.25, 0.3) is 0 Å². The van der Waals surface area contributed by atoms with Crippen molar-refractivity contribution in [2.75, 3.05) is 11.9 Å². The molecule has 1 fully saturated rings. The first-order chi connectivity index (χ1) is 18.5. The minimum Gasteiger partial charge on any atom is -0.467 e. The van der Waals surface area contributed by atoms with Crippen molar-refractivity contribution in [3.8, 4) is 0 Å². The van der Waals surface area contributed by atoms with Crippen molar-refractivity contribution in [3.05, 3.63) is 107 Å². The van der Waals surface area contributed by atoms with E-state index in [4.69, 9.17) is 16.6 Å². The molecule has 1 saturated heterocycles. The number of rotatable bonds is 9. The molecule has 196 valence electrons. The molecule has 0 unspecified atom stereocenters. The van der Waals surface area contributed by atoms with E-state index in [2.05, 4.69) is 51.9 Å². The maximum Gasteiger partial charge on any atom is 0.226 e. The summed E-state index contributed by atoms with van der Waals surface area (Å²) in [5, 5.41) is 7.22. The second-order valence-corrected chi connectivity index (χ2v) is 10.0. The van der Waals surface area contributed by atoms with Crippen molar-refractivity contribution in [2.24, 2.45) is 0 Å². The zero-order valence-electron chi connectivity index (χ0n) is 22.0. The summed E-state index contributed by atoms with van der Waals surface area (Å²) < 4.78 is 7.88. The van der Waals surface area contributed by atoms with E-state index in [-0.39, 0.29) is 18.0 Å². The molecule has 4 heterocycles. The van der Waals surface area contributed by atoms with E-state index in [0.717, 1.165) is 46.1 Å². The predicted octanol–water partition coefficient (Wildman–Crippen LogP) is 5.70. The fourth-order valence-electron chi connectivity index (χ4n) is 5.30. The van der Waals surface area contributed by atoms with Crippen LogP contribution in [0.4, 0.5) is 5.69 Å². The molecule has 5 rings (SSSR count). The van der Waals surface area contributed by atoms with Crippen molar-refractivity contribution < 1.29 is 9.21 Å². The number of amides is 1. The average Bonchev–Trinajstić information content (AvgIpc) is 3.63. The summed E-state index contributed by atoms with van der Waals surface area (Å²) in [6.45, 7) is 7.47. The van der Waals surface area contributed by atoms with E-state index >= 15 is 0 Å². The van der Waals surface area contributed by atoms with Gasteiger partial charge < -0.3 is 24.5 Å². The molecule has 1 amide bonds. The van der Waals surface area contributed by atoms with Crippen molar-refractivity contribution >= 4 is 28.9 Å². The Morgan fingerprint density at radius 1 is 1.13 bits per heavy atom. The van der Waals surface area contributed by atoms with Gasteiger partial charge in [-0.05, 0) is 80.0 Å². The van der Waals surface area contributed by atoms with Gasteiger partial charge in [-0.15, -0.1) is 0 Å². The minimum atomic E-state index is -0.134. The van der Waals surface area contributed by atoms with Crippen LogP contribution in [-0.2, 0) is 17.8 Å². The summed E-state index contributed by atoms with van der Waals surface area (Å²) in [6.07, 6.45) is 4.68. The third-order valence-corrected chi connectivity index (χ3v) is 7.63. The van der Waals surface area contributed by atoms with Crippen LogP contribution in [0.2, 0.25) is 0 Å². The van der Waals surface area contributed by atoms with E-state index < -0.39 is 0 Å². The van der Waals surface area contributed by atoms with Crippen LogP contribution in [0.5, 0.6) is 0 Å². The minimum absolute atomic E-state index is 0.0305. The van der Waals surface area contributed by atoms with Crippen molar-refractivity contribution in [1.29, 1.82) is 0 Å². The standard InChI is InChI=1S/C30H33N5O2S/c1-4-22-10-5-6-12-25(22)32-27(36)14-16-34-29(28(33-30(34)38)26-13-7-8-15-31-26)24-18-20(2)35(21(24)3)19-23-11-9-17-37-23/h5-13,15,17-18,28-29H,4,14,16,19H2,1-3H3,(H,32,36)(H,33,38)/t28-,29-/m1/s1. The van der Waals surface area contributed by atoms with Gasteiger partial charge in [-0.25, -0.2) is 0 Å². The molecule has 1 aromatic carbocycles. The number of para-hydroxylation sites is 1. The summed E-state index contributed by atoms with van der Waals surface area (Å²) >= 11 is 5.83. The molecular formula is C30H33N5O2S. The molecule has 2 N–H and O–H groups in total. The molecule has 0 spiro atoms. The summed E-state index contributed by atoms with van der Waals surface area (Å²) in [7, 11) is 0. The summed E-state index contributed by atoms with van der Waals surface area (Å²) in [5.41, 5.74) is 6.35. The first-order valence-corrected chi connectivity index (χ1v) is 13.4. The van der Waals surface area contributed by atoms with Gasteiger partial charge in [0.05, 0.1) is 30.6 Å². The van der Waals surface area contributed by atoms with Crippen molar-refractivity contribution in [3.63, 3.8) is 0 Å². The molecule has 2 atom stereocenters. The number of hydrogen-bond donors (Lipinski definition) is 2. The maximum atomic E-state index is 13.0. The highest BCUT2D eigenvalue weighted by molar-refractivity contribution is 7.80. The fourth-order valence-corrected chi connectivity index (χ4v) is 5.63. The van der Waals surface area contributed by atoms with E-state index in [1.54, 1.807) is 12.5 Å². The number of nitrogens with one attached hydrogen (secondary N) is 2. The lowest BCUT2D eigenvalue weighted by molar-refractivity contribution is -0.116. The Morgan fingerprint density at radius 3 is 2.68 bits per heavy atom. The number of furan rings is 1. The normalized spacial score (nSPS) is 17.0. The Balaban J connectivity index is 1.42. The summed E-state index contributed by atoms with van der Waals surface area (Å²) in [5.74, 6) is 0.873. The average molecular weight is 528 g/mol. The lowest BCUT2D eigenvalue weighted by atomic mass is 9.96. The van der Waals surface area contributed by atoms with Crippen LogP contribution in [-0.4, -0.2) is 32.0 Å². The Kier molecular flexibility index (Phi) is 7.60. The highest BCUT2D eigenvalue weighted by Crippen LogP contribution is 2.41. The van der Waals surface area contributed by atoms with Gasteiger partial charge in [-0.2, -0.15) is 0 Å². The Morgan fingerprint density at radius 2 is 1.95 bits per heavy atom. The van der Waals surface area contributed by atoms with Crippen LogP contribution in [0.3, 0.4) is 0 Å². The largest absolute Gasteiger partial charge is 0.467 e. The second-order valence-electron chi connectivity index (χ2n) is 9.62. The SMILES string of the molecule is CCc1ccccc1NC(=O)CCN1C(=S)N[C@H](c2ccccn2)[C@H]1c1cc(C)n(Cc2ccco2)c1C. The first-order valence-electron chi connectivity index (χ1n) is 13.0. The van der Waals surface area contributed by atoms with E-state index in [1.807, 2.05) is 54.6 Å². The molecule has 8 heteroatoms.